The molecule has 0 bridgehead atoms. The number of benzene rings is 1. The van der Waals surface area contributed by atoms with Gasteiger partial charge in [0.25, 0.3) is 11.6 Å². The van der Waals surface area contributed by atoms with E-state index >= 15 is 0 Å². The van der Waals surface area contributed by atoms with Crippen LogP contribution in [0.15, 0.2) is 18.2 Å². The molecule has 0 aromatic heterocycles. The van der Waals surface area contributed by atoms with Crippen LogP contribution in [0.1, 0.15) is 29.8 Å². The topological polar surface area (TPSA) is 63.4 Å². The van der Waals surface area contributed by atoms with Crippen LogP contribution in [0.25, 0.3) is 0 Å². The van der Waals surface area contributed by atoms with Gasteiger partial charge in [-0.05, 0) is 19.9 Å². The Morgan fingerprint density at radius 3 is 2.69 bits per heavy atom. The van der Waals surface area contributed by atoms with Crippen LogP contribution in [0.3, 0.4) is 0 Å². The van der Waals surface area contributed by atoms with E-state index in [2.05, 4.69) is 0 Å². The minimum absolute atomic E-state index is 0.0361. The van der Waals surface area contributed by atoms with Gasteiger partial charge in [-0.25, -0.2) is 0 Å². The molecule has 0 saturated carbocycles. The third-order valence-corrected chi connectivity index (χ3v) is 2.79. The summed E-state index contributed by atoms with van der Waals surface area (Å²) >= 11 is 0. The van der Waals surface area contributed by atoms with E-state index in [0.717, 1.165) is 0 Å². The van der Waals surface area contributed by atoms with E-state index in [1.165, 1.54) is 6.07 Å². The number of fused-ring (bicyclic) bond motifs is 1. The molecule has 0 atom stereocenters. The van der Waals surface area contributed by atoms with Crippen molar-refractivity contribution in [2.24, 2.45) is 0 Å². The number of carbonyl (C=O) groups excluding carboxylic acids is 1. The predicted molar refractivity (Wildman–Crippen MR) is 58.1 cm³/mol. The highest BCUT2D eigenvalue weighted by Crippen LogP contribution is 2.31. The van der Waals surface area contributed by atoms with E-state index in [-0.39, 0.29) is 17.6 Å². The molecular weight excluding hydrogens is 208 g/mol. The summed E-state index contributed by atoms with van der Waals surface area (Å²) in [5, 5.41) is 10.8. The molecule has 0 fully saturated rings. The van der Waals surface area contributed by atoms with Crippen molar-refractivity contribution >= 4 is 11.6 Å². The first kappa shape index (κ1) is 10.6. The second-order valence-electron chi connectivity index (χ2n) is 4.09. The van der Waals surface area contributed by atoms with Gasteiger partial charge in [-0.1, -0.05) is 6.07 Å². The highest BCUT2D eigenvalue weighted by molar-refractivity contribution is 5.99. The predicted octanol–water partition coefficient (Wildman–Crippen LogP) is 1.96. The van der Waals surface area contributed by atoms with Gasteiger partial charge in [-0.2, -0.15) is 0 Å². The van der Waals surface area contributed by atoms with Crippen molar-refractivity contribution in [2.45, 2.75) is 26.4 Å². The Bertz CT molecular complexity index is 468. The zero-order valence-electron chi connectivity index (χ0n) is 9.14. The Kier molecular flexibility index (Phi) is 2.38. The first-order valence-electron chi connectivity index (χ1n) is 5.09. The van der Waals surface area contributed by atoms with Crippen LogP contribution in [0.5, 0.6) is 0 Å². The van der Waals surface area contributed by atoms with Crippen LogP contribution in [-0.4, -0.2) is 21.8 Å². The molecule has 84 valence electrons. The van der Waals surface area contributed by atoms with Crippen LogP contribution in [0.2, 0.25) is 0 Å². The molecule has 1 amide bonds. The smallest absolute Gasteiger partial charge is 0.275 e. The van der Waals surface area contributed by atoms with Gasteiger partial charge in [0, 0.05) is 12.1 Å². The number of nitro benzene ring substituents is 1. The second-order valence-corrected chi connectivity index (χ2v) is 4.09. The van der Waals surface area contributed by atoms with E-state index in [1.54, 1.807) is 17.0 Å². The summed E-state index contributed by atoms with van der Waals surface area (Å²) in [5.74, 6) is -0.117. The third-order valence-electron chi connectivity index (χ3n) is 2.79. The standard InChI is InChI=1S/C11H12N2O3/c1-7(2)12-6-9-8(11(12)14)4-3-5-10(9)13(15)16/h3-5,7H,6H2,1-2H3. The summed E-state index contributed by atoms with van der Waals surface area (Å²) < 4.78 is 0. The molecule has 5 heteroatoms. The average molecular weight is 220 g/mol. The maximum atomic E-state index is 11.9. The Morgan fingerprint density at radius 2 is 2.12 bits per heavy atom. The van der Waals surface area contributed by atoms with Gasteiger partial charge in [0.2, 0.25) is 0 Å². The molecular formula is C11H12N2O3. The summed E-state index contributed by atoms with van der Waals surface area (Å²) in [6.07, 6.45) is 0. The lowest BCUT2D eigenvalue weighted by Gasteiger charge is -2.19. The minimum atomic E-state index is -0.435. The maximum absolute atomic E-state index is 11.9. The number of carbonyl (C=O) groups is 1. The lowest BCUT2D eigenvalue weighted by Crippen LogP contribution is -2.30. The van der Waals surface area contributed by atoms with Gasteiger partial charge in [0.1, 0.15) is 0 Å². The number of nitrogens with zero attached hydrogens (tertiary/aromatic N) is 2. The van der Waals surface area contributed by atoms with E-state index in [4.69, 9.17) is 0 Å². The first-order chi connectivity index (χ1) is 7.52. The molecule has 16 heavy (non-hydrogen) atoms. The number of hydrogen-bond donors (Lipinski definition) is 0. The normalized spacial score (nSPS) is 14.4. The maximum Gasteiger partial charge on any atom is 0.275 e. The molecule has 0 saturated heterocycles. The highest BCUT2D eigenvalue weighted by Gasteiger charge is 2.33. The van der Waals surface area contributed by atoms with Crippen molar-refractivity contribution in [1.29, 1.82) is 0 Å². The van der Waals surface area contributed by atoms with Crippen LogP contribution >= 0.6 is 0 Å². The van der Waals surface area contributed by atoms with Crippen molar-refractivity contribution in [3.8, 4) is 0 Å². The van der Waals surface area contributed by atoms with Crippen LogP contribution in [0.4, 0.5) is 5.69 Å². The molecule has 0 unspecified atom stereocenters. The number of hydrogen-bond acceptors (Lipinski definition) is 3. The van der Waals surface area contributed by atoms with Crippen LogP contribution < -0.4 is 0 Å². The fourth-order valence-corrected chi connectivity index (χ4v) is 1.93. The summed E-state index contributed by atoms with van der Waals surface area (Å²) in [5.41, 5.74) is 1.03. The fourth-order valence-electron chi connectivity index (χ4n) is 1.93. The van der Waals surface area contributed by atoms with E-state index in [1.807, 2.05) is 13.8 Å². The quantitative estimate of drug-likeness (QED) is 0.565. The van der Waals surface area contributed by atoms with Crippen molar-refractivity contribution in [3.63, 3.8) is 0 Å². The van der Waals surface area contributed by atoms with Gasteiger partial charge in [0.15, 0.2) is 0 Å². The monoisotopic (exact) mass is 220 g/mol. The van der Waals surface area contributed by atoms with Gasteiger partial charge >= 0.3 is 0 Å². The van der Waals surface area contributed by atoms with Gasteiger partial charge < -0.3 is 4.90 Å². The van der Waals surface area contributed by atoms with Crippen LogP contribution in [0, 0.1) is 10.1 Å². The van der Waals surface area contributed by atoms with Gasteiger partial charge in [-0.3, -0.25) is 14.9 Å². The van der Waals surface area contributed by atoms with Crippen molar-refractivity contribution in [1.82, 2.24) is 4.90 Å². The highest BCUT2D eigenvalue weighted by atomic mass is 16.6. The summed E-state index contributed by atoms with van der Waals surface area (Å²) in [7, 11) is 0. The molecule has 0 N–H and O–H groups in total. The summed E-state index contributed by atoms with van der Waals surface area (Å²) in [4.78, 5) is 23.9. The molecule has 5 nitrogen and oxygen atoms in total. The van der Waals surface area contributed by atoms with Crippen molar-refractivity contribution < 1.29 is 9.72 Å². The summed E-state index contributed by atoms with van der Waals surface area (Å²) in [6, 6.07) is 4.70. The Hall–Kier alpha value is -1.91. The zero-order chi connectivity index (χ0) is 11.9. The van der Waals surface area contributed by atoms with Gasteiger partial charge in [-0.15, -0.1) is 0 Å². The van der Waals surface area contributed by atoms with Crippen molar-refractivity contribution in [2.75, 3.05) is 0 Å². The Balaban J connectivity index is 2.51. The average Bonchev–Trinajstić information content (AvgIpc) is 2.56. The van der Waals surface area contributed by atoms with Gasteiger partial charge in [0.05, 0.1) is 22.6 Å². The molecule has 1 aliphatic heterocycles. The summed E-state index contributed by atoms with van der Waals surface area (Å²) in [6.45, 7) is 4.13. The van der Waals surface area contributed by atoms with Crippen molar-refractivity contribution in [3.05, 3.63) is 39.4 Å². The molecule has 0 radical (unpaired) electrons. The number of rotatable bonds is 2. The molecule has 1 aromatic carbocycles. The molecule has 0 spiro atoms. The molecule has 1 aromatic rings. The third kappa shape index (κ3) is 1.44. The molecule has 1 heterocycles. The Labute approximate surface area is 92.8 Å². The lowest BCUT2D eigenvalue weighted by atomic mass is 10.1. The zero-order valence-corrected chi connectivity index (χ0v) is 9.14. The molecule has 0 aliphatic carbocycles. The largest absolute Gasteiger partial charge is 0.332 e. The molecule has 1 aliphatic rings. The SMILES string of the molecule is CC(C)N1Cc2c(cccc2[N+](=O)[O-])C1=O. The minimum Gasteiger partial charge on any atom is -0.332 e. The Morgan fingerprint density at radius 1 is 1.44 bits per heavy atom. The molecule has 2 rings (SSSR count). The van der Waals surface area contributed by atoms with E-state index < -0.39 is 4.92 Å². The number of nitro groups is 1. The fraction of sp³-hybridized carbons (Fsp3) is 0.364. The second kappa shape index (κ2) is 3.59. The lowest BCUT2D eigenvalue weighted by molar-refractivity contribution is -0.385. The van der Waals surface area contributed by atoms with Crippen LogP contribution in [-0.2, 0) is 6.54 Å². The van der Waals surface area contributed by atoms with E-state index in [0.29, 0.717) is 17.7 Å². The van der Waals surface area contributed by atoms with E-state index in [9.17, 15) is 14.9 Å². The first-order valence-corrected chi connectivity index (χ1v) is 5.09. The number of amides is 1.